The Morgan fingerprint density at radius 3 is 2.44 bits per heavy atom. The lowest BCUT2D eigenvalue weighted by Gasteiger charge is -2.31. The number of benzene rings is 1. The number of aromatic nitrogens is 1. The van der Waals surface area contributed by atoms with Crippen LogP contribution in [-0.4, -0.2) is 35.6 Å². The molecule has 0 aliphatic carbocycles. The van der Waals surface area contributed by atoms with Crippen molar-refractivity contribution in [2.45, 2.75) is 72.4 Å². The largest absolute Gasteiger partial charge is 0.383 e. The number of nitrogens with two attached hydrogens (primary N) is 1. The van der Waals surface area contributed by atoms with Crippen LogP contribution in [0.4, 0.5) is 0 Å². The van der Waals surface area contributed by atoms with Crippen LogP contribution in [0, 0.1) is 12.8 Å². The van der Waals surface area contributed by atoms with E-state index in [9.17, 15) is 0 Å². The van der Waals surface area contributed by atoms with Gasteiger partial charge in [0.2, 0.25) is 0 Å². The number of hydrogen-bond acceptors (Lipinski definition) is 6. The van der Waals surface area contributed by atoms with Gasteiger partial charge in [0.1, 0.15) is 0 Å². The monoisotopic (exact) mass is 509 g/mol. The third kappa shape index (κ3) is 9.82. The molecule has 0 bridgehead atoms. The molecular weight excluding hydrogens is 462 g/mol. The van der Waals surface area contributed by atoms with Crippen LogP contribution in [0.1, 0.15) is 64.1 Å². The topological polar surface area (TPSA) is 66.2 Å². The Morgan fingerprint density at radius 1 is 1.14 bits per heavy atom. The van der Waals surface area contributed by atoms with E-state index in [1.54, 1.807) is 11.3 Å². The molecule has 1 aromatic heterocycles. The Bertz CT molecular complexity index is 957. The highest BCUT2D eigenvalue weighted by atomic mass is 32.1. The summed E-state index contributed by atoms with van der Waals surface area (Å²) in [5.74, 6) is 0.833. The van der Waals surface area contributed by atoms with Gasteiger partial charge in [-0.15, -0.1) is 11.3 Å². The first-order valence-corrected chi connectivity index (χ1v) is 14.1. The van der Waals surface area contributed by atoms with Crippen molar-refractivity contribution >= 4 is 11.3 Å². The van der Waals surface area contributed by atoms with Crippen molar-refractivity contribution in [3.8, 4) is 10.4 Å². The van der Waals surface area contributed by atoms with E-state index >= 15 is 0 Å². The highest BCUT2D eigenvalue weighted by molar-refractivity contribution is 7.13. The zero-order chi connectivity index (χ0) is 26.5. The van der Waals surface area contributed by atoms with Gasteiger partial charge in [0, 0.05) is 30.2 Å². The molecule has 36 heavy (non-hydrogen) atoms. The van der Waals surface area contributed by atoms with Gasteiger partial charge in [0.15, 0.2) is 0 Å². The summed E-state index contributed by atoms with van der Waals surface area (Å²) in [4.78, 5) is 7.97. The van der Waals surface area contributed by atoms with Crippen LogP contribution in [-0.2, 0) is 6.54 Å². The summed E-state index contributed by atoms with van der Waals surface area (Å²) >= 11 is 1.69. The number of nitrogens with zero attached hydrogens (tertiary/aromatic N) is 2. The molecule has 2 aromatic rings. The van der Waals surface area contributed by atoms with Crippen LogP contribution in [0.5, 0.6) is 0 Å². The Labute approximate surface area is 223 Å². The maximum absolute atomic E-state index is 5.57. The van der Waals surface area contributed by atoms with Gasteiger partial charge in [-0.25, -0.2) is 4.98 Å². The molecule has 2 heterocycles. The molecular formula is C30H47N5S. The molecule has 0 radical (unpaired) electrons. The Balaban J connectivity index is 0.00000106. The number of unbranched alkanes of at least 4 members (excludes halogenated alkanes) is 1. The van der Waals surface area contributed by atoms with E-state index in [0.717, 1.165) is 87.0 Å². The van der Waals surface area contributed by atoms with Crippen molar-refractivity contribution in [2.75, 3.05) is 19.6 Å². The van der Waals surface area contributed by atoms with Crippen LogP contribution in [0.15, 0.2) is 66.6 Å². The Kier molecular flexibility index (Phi) is 12.8. The predicted molar refractivity (Wildman–Crippen MR) is 158 cm³/mol. The third-order valence-electron chi connectivity index (χ3n) is 6.02. The molecule has 0 spiro atoms. The van der Waals surface area contributed by atoms with Crippen molar-refractivity contribution in [1.82, 2.24) is 20.5 Å². The van der Waals surface area contributed by atoms with Gasteiger partial charge in [0.25, 0.3) is 0 Å². The first-order valence-electron chi connectivity index (χ1n) is 13.2. The van der Waals surface area contributed by atoms with Gasteiger partial charge >= 0.3 is 0 Å². The summed E-state index contributed by atoms with van der Waals surface area (Å²) in [5, 5.41) is 6.98. The molecule has 3 rings (SSSR count). The molecule has 0 amide bonds. The van der Waals surface area contributed by atoms with E-state index in [0.29, 0.717) is 0 Å². The lowest BCUT2D eigenvalue weighted by Crippen LogP contribution is -2.37. The predicted octanol–water partition coefficient (Wildman–Crippen LogP) is 6.59. The van der Waals surface area contributed by atoms with Gasteiger partial charge in [0.05, 0.1) is 28.7 Å². The fourth-order valence-electron chi connectivity index (χ4n) is 4.09. The lowest BCUT2D eigenvalue weighted by molar-refractivity contribution is 0.335. The second-order valence-electron chi connectivity index (χ2n) is 10.2. The molecule has 1 aliphatic rings. The van der Waals surface area contributed by atoms with Crippen molar-refractivity contribution < 1.29 is 0 Å². The van der Waals surface area contributed by atoms with Crippen molar-refractivity contribution in [3.05, 3.63) is 77.9 Å². The van der Waals surface area contributed by atoms with Crippen LogP contribution in [0.25, 0.3) is 10.4 Å². The van der Waals surface area contributed by atoms with Gasteiger partial charge in [-0.1, -0.05) is 64.8 Å². The van der Waals surface area contributed by atoms with Crippen molar-refractivity contribution in [3.63, 3.8) is 0 Å². The summed E-state index contributed by atoms with van der Waals surface area (Å²) in [7, 11) is 0. The third-order valence-corrected chi connectivity index (χ3v) is 7.00. The second kappa shape index (κ2) is 15.5. The average Bonchev–Trinajstić information content (AvgIpc) is 3.50. The maximum atomic E-state index is 5.57. The summed E-state index contributed by atoms with van der Waals surface area (Å²) in [6, 6.07) is 9.00. The smallest absolute Gasteiger partial charge is 0.0801 e. The number of allylic oxidation sites excluding steroid dienone is 1. The molecule has 1 aromatic carbocycles. The quantitative estimate of drug-likeness (QED) is 0.266. The normalized spacial score (nSPS) is 14.8. The molecule has 1 fully saturated rings. The highest BCUT2D eigenvalue weighted by Crippen LogP contribution is 2.28. The fourth-order valence-corrected chi connectivity index (χ4v) is 4.91. The van der Waals surface area contributed by atoms with Crippen LogP contribution in [0.2, 0.25) is 0 Å². The molecule has 1 atom stereocenters. The number of nitrogens with one attached hydrogen (secondary N) is 2. The summed E-state index contributed by atoms with van der Waals surface area (Å²) in [6.07, 6.45) is 5.34. The minimum atomic E-state index is 0.286. The first-order chi connectivity index (χ1) is 17.2. The van der Waals surface area contributed by atoms with E-state index in [2.05, 4.69) is 92.2 Å². The number of aryl methyl sites for hydroxylation is 1. The van der Waals surface area contributed by atoms with Crippen LogP contribution < -0.4 is 16.4 Å². The molecule has 198 valence electrons. The Morgan fingerprint density at radius 2 is 1.83 bits per heavy atom. The standard InChI is InChI=1S/C26H37N5S.C4H10/c1-19(8-5-6-14-27)28-16-20(2)31-15-7-9-25(31)21(3)29-17-23-10-12-24(13-11-23)26-22(4)30-18-32-26;1-4(2)3/h10-13,18,25,28-29H,1-3,5-9,14-17,27H2,4H3;4H,1-3H3. The zero-order valence-electron chi connectivity index (χ0n) is 22.9. The number of rotatable bonds is 13. The molecule has 1 saturated heterocycles. The average molecular weight is 510 g/mol. The van der Waals surface area contributed by atoms with Gasteiger partial charge in [-0.05, 0) is 62.6 Å². The minimum absolute atomic E-state index is 0.286. The lowest BCUT2D eigenvalue weighted by atomic mass is 10.1. The number of likely N-dealkylation sites (tertiary alicyclic amines) is 1. The van der Waals surface area contributed by atoms with E-state index in [4.69, 9.17) is 5.73 Å². The minimum Gasteiger partial charge on any atom is -0.383 e. The maximum Gasteiger partial charge on any atom is 0.0801 e. The van der Waals surface area contributed by atoms with Gasteiger partial charge < -0.3 is 21.3 Å². The zero-order valence-corrected chi connectivity index (χ0v) is 23.7. The first kappa shape index (κ1) is 29.7. The fraction of sp³-hybridized carbons (Fsp3) is 0.500. The molecule has 6 heteroatoms. The van der Waals surface area contributed by atoms with Crippen molar-refractivity contribution in [1.29, 1.82) is 0 Å². The van der Waals surface area contributed by atoms with Crippen LogP contribution >= 0.6 is 11.3 Å². The number of thiazole rings is 1. The Hall–Kier alpha value is -2.57. The van der Waals surface area contributed by atoms with E-state index < -0.39 is 0 Å². The summed E-state index contributed by atoms with van der Waals surface area (Å²) < 4.78 is 0. The number of hydrogen-bond donors (Lipinski definition) is 3. The van der Waals surface area contributed by atoms with Crippen molar-refractivity contribution in [2.24, 2.45) is 11.7 Å². The second-order valence-corrected chi connectivity index (χ2v) is 11.0. The van der Waals surface area contributed by atoms with E-state index in [-0.39, 0.29) is 6.04 Å². The SMILES string of the molecule is C=C(CCCCN)NCC(=C)N1CCCC1C(=C)NCc1ccc(-c2scnc2C)cc1.CC(C)C. The van der Waals surface area contributed by atoms with E-state index in [1.165, 1.54) is 16.0 Å². The highest BCUT2D eigenvalue weighted by Gasteiger charge is 2.27. The van der Waals surface area contributed by atoms with Gasteiger partial charge in [-0.3, -0.25) is 0 Å². The summed E-state index contributed by atoms with van der Waals surface area (Å²) in [5.41, 5.74) is 14.2. The molecule has 1 unspecified atom stereocenters. The van der Waals surface area contributed by atoms with Crippen LogP contribution in [0.3, 0.4) is 0 Å². The van der Waals surface area contributed by atoms with E-state index in [1.807, 2.05) is 5.51 Å². The molecule has 4 N–H and O–H groups in total. The molecule has 5 nitrogen and oxygen atoms in total. The molecule has 0 saturated carbocycles. The molecule has 1 aliphatic heterocycles. The van der Waals surface area contributed by atoms with Gasteiger partial charge in [-0.2, -0.15) is 0 Å². The summed E-state index contributed by atoms with van der Waals surface area (Å²) in [6.45, 7) is 24.6.